The lowest BCUT2D eigenvalue weighted by atomic mass is 10.0. The van der Waals surface area contributed by atoms with Crippen LogP contribution < -0.4 is 10.1 Å². The van der Waals surface area contributed by atoms with Crippen molar-refractivity contribution in [3.63, 3.8) is 0 Å². The summed E-state index contributed by atoms with van der Waals surface area (Å²) in [6.07, 6.45) is 12.2. The molecule has 194 valence electrons. The maximum atomic E-state index is 12.0. The number of nitrogens with one attached hydrogen (secondary N) is 1. The van der Waals surface area contributed by atoms with Gasteiger partial charge in [-0.3, -0.25) is 14.8 Å². The number of hydrogen-bond acceptors (Lipinski definition) is 6. The summed E-state index contributed by atoms with van der Waals surface area (Å²) in [4.78, 5) is 20.9. The predicted molar refractivity (Wildman–Crippen MR) is 150 cm³/mol. The molecule has 0 saturated heterocycles. The lowest BCUT2D eigenvalue weighted by molar-refractivity contribution is -0.116. The van der Waals surface area contributed by atoms with Crippen LogP contribution in [-0.2, 0) is 21.1 Å². The molecule has 0 aliphatic heterocycles. The van der Waals surface area contributed by atoms with Crippen molar-refractivity contribution in [3.8, 4) is 22.6 Å². The molecule has 4 aromatic rings. The van der Waals surface area contributed by atoms with Crippen molar-refractivity contribution in [1.82, 2.24) is 15.3 Å². The van der Waals surface area contributed by atoms with E-state index >= 15 is 0 Å². The van der Waals surface area contributed by atoms with Crippen LogP contribution in [0.25, 0.3) is 28.1 Å². The quantitative estimate of drug-likeness (QED) is 0.295. The zero-order valence-corrected chi connectivity index (χ0v) is 22.1. The molecule has 7 nitrogen and oxygen atoms in total. The van der Waals surface area contributed by atoms with E-state index in [0.717, 1.165) is 40.5 Å². The van der Waals surface area contributed by atoms with Gasteiger partial charge in [-0.05, 0) is 79.3 Å². The topological polar surface area (TPSA) is 98.2 Å². The highest BCUT2D eigenvalue weighted by atomic mass is 32.2. The molecule has 1 aliphatic rings. The van der Waals surface area contributed by atoms with E-state index in [9.17, 15) is 13.2 Å². The normalized spacial score (nSPS) is 14.5. The van der Waals surface area contributed by atoms with Crippen LogP contribution in [0.1, 0.15) is 30.9 Å². The van der Waals surface area contributed by atoms with Crippen LogP contribution in [0.3, 0.4) is 0 Å². The van der Waals surface area contributed by atoms with Crippen LogP contribution in [0.2, 0.25) is 0 Å². The van der Waals surface area contributed by atoms with Gasteiger partial charge in [-0.1, -0.05) is 24.3 Å². The van der Waals surface area contributed by atoms with Crippen molar-refractivity contribution >= 4 is 32.7 Å². The minimum absolute atomic E-state index is 0.0797. The van der Waals surface area contributed by atoms with Gasteiger partial charge in [0.15, 0.2) is 5.75 Å². The Kier molecular flexibility index (Phi) is 7.24. The van der Waals surface area contributed by atoms with Gasteiger partial charge in [0.05, 0.1) is 11.4 Å². The molecule has 1 aliphatic carbocycles. The molecule has 0 bridgehead atoms. The maximum Gasteiger partial charge on any atom is 0.244 e. The van der Waals surface area contributed by atoms with Gasteiger partial charge in [-0.2, -0.15) is 0 Å². The smallest absolute Gasteiger partial charge is 0.244 e. The number of pyridine rings is 2. The first-order valence-electron chi connectivity index (χ1n) is 12.5. The molecule has 38 heavy (non-hydrogen) atoms. The van der Waals surface area contributed by atoms with Crippen molar-refractivity contribution in [1.29, 1.82) is 0 Å². The van der Waals surface area contributed by atoms with E-state index in [1.807, 2.05) is 54.6 Å². The summed E-state index contributed by atoms with van der Waals surface area (Å²) in [5.74, 6) is 0.993. The molecule has 0 spiro atoms. The monoisotopic (exact) mass is 527 g/mol. The second-order valence-electron chi connectivity index (χ2n) is 9.77. The molecular weight excluding hydrogens is 498 g/mol. The standard InChI is InChI=1S/C30H29N3O4S/c1-20(38(2,35)36)13-22-15-24-7-4-12-32-30(24)28(16-22)37-27-17-25(18-31-19-27)23-6-3-5-21(14-23)8-11-29(34)33-26-9-10-26/h3-8,11-12,14-20,26H,9-10,13H2,1-2H3,(H,33,34). The number of benzene rings is 2. The fourth-order valence-electron chi connectivity index (χ4n) is 4.13. The van der Waals surface area contributed by atoms with Crippen molar-refractivity contribution in [2.45, 2.75) is 37.5 Å². The highest BCUT2D eigenvalue weighted by Crippen LogP contribution is 2.32. The van der Waals surface area contributed by atoms with Crippen molar-refractivity contribution in [2.75, 3.05) is 6.26 Å². The highest BCUT2D eigenvalue weighted by molar-refractivity contribution is 7.91. The zero-order chi connectivity index (χ0) is 26.7. The van der Waals surface area contributed by atoms with Gasteiger partial charge >= 0.3 is 0 Å². The van der Waals surface area contributed by atoms with E-state index < -0.39 is 15.1 Å². The summed E-state index contributed by atoms with van der Waals surface area (Å²) >= 11 is 0. The van der Waals surface area contributed by atoms with Gasteiger partial charge in [0.2, 0.25) is 5.91 Å². The third kappa shape index (κ3) is 6.44. The van der Waals surface area contributed by atoms with Crippen LogP contribution in [0, 0.1) is 0 Å². The molecule has 5 rings (SSSR count). The Labute approximate surface area is 222 Å². The average Bonchev–Trinajstić information content (AvgIpc) is 3.71. The molecule has 1 N–H and O–H groups in total. The van der Waals surface area contributed by atoms with Crippen molar-refractivity contribution in [2.24, 2.45) is 0 Å². The summed E-state index contributed by atoms with van der Waals surface area (Å²) < 4.78 is 30.3. The Morgan fingerprint density at radius 1 is 1.11 bits per heavy atom. The van der Waals surface area contributed by atoms with E-state index in [4.69, 9.17) is 4.74 Å². The molecule has 2 heterocycles. The number of hydrogen-bond donors (Lipinski definition) is 1. The van der Waals surface area contributed by atoms with Gasteiger partial charge in [0.1, 0.15) is 21.1 Å². The van der Waals surface area contributed by atoms with Gasteiger partial charge in [-0.25, -0.2) is 8.42 Å². The lowest BCUT2D eigenvalue weighted by Gasteiger charge is -2.14. The third-order valence-electron chi connectivity index (χ3n) is 6.50. The summed E-state index contributed by atoms with van der Waals surface area (Å²) in [6.45, 7) is 1.71. The summed E-state index contributed by atoms with van der Waals surface area (Å²) in [7, 11) is -3.17. The number of aromatic nitrogens is 2. The van der Waals surface area contributed by atoms with Crippen LogP contribution in [0.5, 0.6) is 11.5 Å². The molecule has 0 radical (unpaired) electrons. The molecule has 1 unspecified atom stereocenters. The molecule has 2 aromatic heterocycles. The Morgan fingerprint density at radius 2 is 1.95 bits per heavy atom. The number of rotatable bonds is 9. The summed E-state index contributed by atoms with van der Waals surface area (Å²) in [5, 5.41) is 3.30. The molecule has 1 fully saturated rings. The Balaban J connectivity index is 1.40. The number of carbonyl (C=O) groups excluding carboxylic acids is 1. The van der Waals surface area contributed by atoms with Crippen LogP contribution in [-0.4, -0.2) is 41.8 Å². The number of ether oxygens (including phenoxy) is 1. The van der Waals surface area contributed by atoms with Crippen LogP contribution >= 0.6 is 0 Å². The second-order valence-corrected chi connectivity index (χ2v) is 12.2. The lowest BCUT2D eigenvalue weighted by Crippen LogP contribution is -2.22. The minimum atomic E-state index is -3.17. The Hall–Kier alpha value is -4.04. The molecule has 1 atom stereocenters. The zero-order valence-electron chi connectivity index (χ0n) is 21.3. The SMILES string of the molecule is CC(Cc1cc(Oc2cncc(-c3cccc(C=CC(=O)NC4CC4)c3)c2)c2ncccc2c1)S(C)(=O)=O. The number of carbonyl (C=O) groups is 1. The largest absolute Gasteiger partial charge is 0.453 e. The van der Waals surface area contributed by atoms with Gasteiger partial charge in [0.25, 0.3) is 0 Å². The van der Waals surface area contributed by atoms with E-state index in [1.165, 1.54) is 6.26 Å². The Bertz CT molecular complexity index is 1630. The van der Waals surface area contributed by atoms with E-state index in [0.29, 0.717) is 29.5 Å². The first kappa shape index (κ1) is 25.6. The molecule has 1 amide bonds. The first-order chi connectivity index (χ1) is 18.2. The number of amides is 1. The van der Waals surface area contributed by atoms with Gasteiger partial charge < -0.3 is 10.1 Å². The van der Waals surface area contributed by atoms with Gasteiger partial charge in [0, 0.05) is 41.7 Å². The average molecular weight is 528 g/mol. The number of nitrogens with zero attached hydrogens (tertiary/aromatic N) is 2. The van der Waals surface area contributed by atoms with Gasteiger partial charge in [-0.15, -0.1) is 0 Å². The van der Waals surface area contributed by atoms with Crippen molar-refractivity contribution in [3.05, 3.63) is 90.4 Å². The predicted octanol–water partition coefficient (Wildman–Crippen LogP) is 5.36. The maximum absolute atomic E-state index is 12.0. The fourth-order valence-corrected chi connectivity index (χ4v) is 4.62. The third-order valence-corrected chi connectivity index (χ3v) is 8.12. The molecule has 1 saturated carbocycles. The number of fused-ring (bicyclic) bond motifs is 1. The highest BCUT2D eigenvalue weighted by Gasteiger charge is 2.22. The summed E-state index contributed by atoms with van der Waals surface area (Å²) in [6, 6.07) is 17.6. The Morgan fingerprint density at radius 3 is 2.74 bits per heavy atom. The van der Waals surface area contributed by atoms with E-state index in [2.05, 4.69) is 15.3 Å². The molecule has 2 aromatic carbocycles. The van der Waals surface area contributed by atoms with Crippen LogP contribution in [0.15, 0.2) is 79.3 Å². The summed E-state index contributed by atoms with van der Waals surface area (Å²) in [5.41, 5.74) is 4.24. The second kappa shape index (κ2) is 10.8. The van der Waals surface area contributed by atoms with Crippen molar-refractivity contribution < 1.29 is 17.9 Å². The minimum Gasteiger partial charge on any atom is -0.453 e. The number of sulfone groups is 1. The molecule has 8 heteroatoms. The van der Waals surface area contributed by atoms with Crippen LogP contribution in [0.4, 0.5) is 0 Å². The van der Waals surface area contributed by atoms with E-state index in [-0.39, 0.29) is 5.91 Å². The molecular formula is C30H29N3O4S. The van der Waals surface area contributed by atoms with E-state index in [1.54, 1.807) is 37.7 Å². The fraction of sp³-hybridized carbons (Fsp3) is 0.233. The first-order valence-corrected chi connectivity index (χ1v) is 14.5.